The van der Waals surface area contributed by atoms with Crippen molar-refractivity contribution in [3.05, 3.63) is 12.2 Å². The second kappa shape index (κ2) is 6.38. The summed E-state index contributed by atoms with van der Waals surface area (Å²) >= 11 is 0. The van der Waals surface area contributed by atoms with Crippen LogP contribution in [0.4, 0.5) is 0 Å². The maximum absolute atomic E-state index is 5.31. The molecule has 0 radical (unpaired) electrons. The lowest BCUT2D eigenvalue weighted by molar-refractivity contribution is -0.126. The summed E-state index contributed by atoms with van der Waals surface area (Å²) in [5, 5.41) is 0. The lowest BCUT2D eigenvalue weighted by Gasteiger charge is -2.12. The first-order chi connectivity index (χ1) is 5.16. The van der Waals surface area contributed by atoms with Crippen molar-refractivity contribution in [1.82, 2.24) is 0 Å². The van der Waals surface area contributed by atoms with Crippen molar-refractivity contribution in [3.63, 3.8) is 0 Å². The Morgan fingerprint density at radius 3 is 2.55 bits per heavy atom. The van der Waals surface area contributed by atoms with Crippen LogP contribution >= 0.6 is 0 Å². The first-order valence-electron chi connectivity index (χ1n) is 4.04. The lowest BCUT2D eigenvalue weighted by atomic mass is 10.3. The zero-order valence-electron chi connectivity index (χ0n) is 7.72. The van der Waals surface area contributed by atoms with E-state index in [1.807, 2.05) is 20.8 Å². The Hall–Kier alpha value is -0.340. The molecule has 0 spiro atoms. The molecule has 2 nitrogen and oxygen atoms in total. The van der Waals surface area contributed by atoms with Gasteiger partial charge >= 0.3 is 0 Å². The molecule has 1 unspecified atom stereocenters. The van der Waals surface area contributed by atoms with E-state index in [1.165, 1.54) is 0 Å². The van der Waals surface area contributed by atoms with Gasteiger partial charge in [0.1, 0.15) is 0 Å². The molecule has 2 heteroatoms. The molecule has 0 heterocycles. The van der Waals surface area contributed by atoms with Gasteiger partial charge in [0.15, 0.2) is 6.29 Å². The first-order valence-corrected chi connectivity index (χ1v) is 4.04. The summed E-state index contributed by atoms with van der Waals surface area (Å²) in [7, 11) is 0. The van der Waals surface area contributed by atoms with Gasteiger partial charge in [0, 0.05) is 6.61 Å². The average Bonchev–Trinajstić information content (AvgIpc) is 1.87. The zero-order valence-corrected chi connectivity index (χ0v) is 7.72. The fourth-order valence-corrected chi connectivity index (χ4v) is 0.682. The highest BCUT2D eigenvalue weighted by Gasteiger charge is 1.98. The van der Waals surface area contributed by atoms with Crippen LogP contribution in [0.15, 0.2) is 12.2 Å². The van der Waals surface area contributed by atoms with Crippen LogP contribution in [0, 0.1) is 0 Å². The van der Waals surface area contributed by atoms with E-state index >= 15 is 0 Å². The van der Waals surface area contributed by atoms with Crippen molar-refractivity contribution in [1.29, 1.82) is 0 Å². The molecule has 11 heavy (non-hydrogen) atoms. The summed E-state index contributed by atoms with van der Waals surface area (Å²) < 4.78 is 10.5. The Morgan fingerprint density at radius 2 is 2.09 bits per heavy atom. The van der Waals surface area contributed by atoms with Crippen LogP contribution in [0.1, 0.15) is 27.2 Å². The van der Waals surface area contributed by atoms with Gasteiger partial charge in [-0.3, -0.25) is 0 Å². The second-order valence-corrected chi connectivity index (χ2v) is 2.60. The van der Waals surface area contributed by atoms with Gasteiger partial charge in [-0.2, -0.15) is 0 Å². The van der Waals surface area contributed by atoms with Crippen molar-refractivity contribution in [2.75, 3.05) is 13.2 Å². The fourth-order valence-electron chi connectivity index (χ4n) is 0.682. The number of hydrogen-bond acceptors (Lipinski definition) is 2. The number of hydrogen-bond donors (Lipinski definition) is 0. The topological polar surface area (TPSA) is 18.5 Å². The first kappa shape index (κ1) is 10.7. The van der Waals surface area contributed by atoms with Crippen molar-refractivity contribution in [3.8, 4) is 0 Å². The van der Waals surface area contributed by atoms with Crippen LogP contribution in [0.3, 0.4) is 0 Å². The van der Waals surface area contributed by atoms with E-state index in [1.54, 1.807) is 0 Å². The lowest BCUT2D eigenvalue weighted by Crippen LogP contribution is -2.13. The molecule has 0 rings (SSSR count). The normalized spacial score (nSPS) is 13.0. The van der Waals surface area contributed by atoms with Crippen molar-refractivity contribution < 1.29 is 9.47 Å². The molecule has 0 amide bonds. The summed E-state index contributed by atoms with van der Waals surface area (Å²) in [5.41, 5.74) is 1.15. The van der Waals surface area contributed by atoms with Gasteiger partial charge in [-0.1, -0.05) is 5.57 Å². The predicted molar refractivity (Wildman–Crippen MR) is 46.5 cm³/mol. The maximum atomic E-state index is 5.31. The van der Waals surface area contributed by atoms with Crippen LogP contribution in [0.5, 0.6) is 0 Å². The highest BCUT2D eigenvalue weighted by atomic mass is 16.7. The summed E-state index contributed by atoms with van der Waals surface area (Å²) in [5.74, 6) is 0. The molecule has 0 aromatic rings. The molecule has 0 saturated heterocycles. The highest BCUT2D eigenvalue weighted by Crippen LogP contribution is 1.99. The standard InChI is InChI=1S/C9H18O2/c1-5-10-9(4)11-7-6-8(2)3/h9H,2,5-7H2,1,3-4H3. The predicted octanol–water partition coefficient (Wildman–Crippen LogP) is 2.35. The third-order valence-corrected chi connectivity index (χ3v) is 1.28. The van der Waals surface area contributed by atoms with Crippen LogP contribution in [-0.2, 0) is 9.47 Å². The molecule has 0 aromatic heterocycles. The monoisotopic (exact) mass is 158 g/mol. The third kappa shape index (κ3) is 7.56. The minimum atomic E-state index is -0.0839. The van der Waals surface area contributed by atoms with E-state index in [4.69, 9.17) is 9.47 Å². The maximum Gasteiger partial charge on any atom is 0.154 e. The number of rotatable bonds is 6. The molecule has 1 atom stereocenters. The molecular formula is C9H18O2. The van der Waals surface area contributed by atoms with E-state index in [9.17, 15) is 0 Å². The Morgan fingerprint density at radius 1 is 1.45 bits per heavy atom. The largest absolute Gasteiger partial charge is 0.353 e. The van der Waals surface area contributed by atoms with E-state index < -0.39 is 0 Å². The third-order valence-electron chi connectivity index (χ3n) is 1.28. The Kier molecular flexibility index (Phi) is 6.18. The Bertz CT molecular complexity index is 110. The minimum absolute atomic E-state index is 0.0839. The van der Waals surface area contributed by atoms with E-state index in [2.05, 4.69) is 6.58 Å². The quantitative estimate of drug-likeness (QED) is 0.436. The molecule has 0 fully saturated rings. The smallest absolute Gasteiger partial charge is 0.154 e. The minimum Gasteiger partial charge on any atom is -0.353 e. The molecule has 0 aromatic carbocycles. The fraction of sp³-hybridized carbons (Fsp3) is 0.778. The molecular weight excluding hydrogens is 140 g/mol. The Labute approximate surface area is 69.2 Å². The van der Waals surface area contributed by atoms with Gasteiger partial charge < -0.3 is 9.47 Å². The molecule has 0 N–H and O–H groups in total. The van der Waals surface area contributed by atoms with E-state index in [0.29, 0.717) is 13.2 Å². The van der Waals surface area contributed by atoms with Crippen LogP contribution in [0.25, 0.3) is 0 Å². The summed E-state index contributed by atoms with van der Waals surface area (Å²) in [4.78, 5) is 0. The molecule has 0 aliphatic rings. The molecule has 0 bridgehead atoms. The second-order valence-electron chi connectivity index (χ2n) is 2.60. The van der Waals surface area contributed by atoms with Gasteiger partial charge in [-0.15, -0.1) is 6.58 Å². The zero-order chi connectivity index (χ0) is 8.69. The Balaban J connectivity index is 3.16. The van der Waals surface area contributed by atoms with Crippen LogP contribution < -0.4 is 0 Å². The van der Waals surface area contributed by atoms with Crippen molar-refractivity contribution in [2.24, 2.45) is 0 Å². The van der Waals surface area contributed by atoms with E-state index in [0.717, 1.165) is 12.0 Å². The van der Waals surface area contributed by atoms with Crippen molar-refractivity contribution in [2.45, 2.75) is 33.5 Å². The van der Waals surface area contributed by atoms with Gasteiger partial charge in [0.05, 0.1) is 6.61 Å². The highest BCUT2D eigenvalue weighted by molar-refractivity contribution is 4.87. The molecule has 0 aliphatic heterocycles. The SMILES string of the molecule is C=C(C)CCOC(C)OCC. The number of ether oxygens (including phenoxy) is 2. The van der Waals surface area contributed by atoms with E-state index in [-0.39, 0.29) is 6.29 Å². The average molecular weight is 158 g/mol. The van der Waals surface area contributed by atoms with Gasteiger partial charge in [0.2, 0.25) is 0 Å². The van der Waals surface area contributed by atoms with Gasteiger partial charge in [-0.05, 0) is 27.2 Å². The molecule has 66 valence electrons. The molecule has 0 saturated carbocycles. The van der Waals surface area contributed by atoms with Gasteiger partial charge in [0.25, 0.3) is 0 Å². The molecule has 0 aliphatic carbocycles. The summed E-state index contributed by atoms with van der Waals surface area (Å²) in [6.45, 7) is 11.0. The van der Waals surface area contributed by atoms with Gasteiger partial charge in [-0.25, -0.2) is 0 Å². The summed E-state index contributed by atoms with van der Waals surface area (Å²) in [6.07, 6.45) is 0.830. The van der Waals surface area contributed by atoms with Crippen LogP contribution in [0.2, 0.25) is 0 Å². The van der Waals surface area contributed by atoms with Crippen LogP contribution in [-0.4, -0.2) is 19.5 Å². The van der Waals surface area contributed by atoms with Crippen molar-refractivity contribution >= 4 is 0 Å². The summed E-state index contributed by atoms with van der Waals surface area (Å²) in [6, 6.07) is 0.